The second-order valence-corrected chi connectivity index (χ2v) is 7.52. The Bertz CT molecular complexity index is 1020. The number of amides is 2. The Balaban J connectivity index is 1.64. The van der Waals surface area contributed by atoms with E-state index in [9.17, 15) is 14.0 Å². The number of hydrogen-bond donors (Lipinski definition) is 3. The topological polar surface area (TPSA) is 96.1 Å². The summed E-state index contributed by atoms with van der Waals surface area (Å²) in [6.07, 6.45) is -0.532. The van der Waals surface area contributed by atoms with Crippen molar-refractivity contribution in [1.82, 2.24) is 20.8 Å². The van der Waals surface area contributed by atoms with Crippen molar-refractivity contribution in [2.75, 3.05) is 13.1 Å². The number of benzene rings is 2. The number of H-pyrrole nitrogens is 1. The molecule has 3 aromatic rings. The van der Waals surface area contributed by atoms with Crippen molar-refractivity contribution in [2.24, 2.45) is 0 Å². The molecule has 152 valence electrons. The minimum atomic E-state index is -0.574. The summed E-state index contributed by atoms with van der Waals surface area (Å²) in [6.45, 7) is 5.84. The summed E-state index contributed by atoms with van der Waals surface area (Å²) in [6, 6.07) is 11.2. The molecule has 0 spiro atoms. The van der Waals surface area contributed by atoms with Gasteiger partial charge in [0.2, 0.25) is 0 Å². The Hall–Kier alpha value is -3.42. The third-order valence-electron chi connectivity index (χ3n) is 4.02. The minimum Gasteiger partial charge on any atom is -0.444 e. The van der Waals surface area contributed by atoms with Crippen LogP contribution >= 0.6 is 0 Å². The second-order valence-electron chi connectivity index (χ2n) is 7.52. The van der Waals surface area contributed by atoms with Gasteiger partial charge < -0.3 is 15.4 Å². The third-order valence-corrected chi connectivity index (χ3v) is 4.02. The molecule has 3 N–H and O–H groups in total. The number of aromatic nitrogens is 2. The fourth-order valence-corrected chi connectivity index (χ4v) is 2.74. The number of carbonyl (C=O) groups excluding carboxylic acids is 2. The molecule has 1 heterocycles. The fourth-order valence-electron chi connectivity index (χ4n) is 2.74. The third kappa shape index (κ3) is 5.31. The number of ether oxygens (including phenoxy) is 1. The number of nitrogens with zero attached hydrogens (tertiary/aromatic N) is 1. The van der Waals surface area contributed by atoms with Gasteiger partial charge in [-0.1, -0.05) is 0 Å². The van der Waals surface area contributed by atoms with Gasteiger partial charge in [-0.05, 0) is 63.2 Å². The van der Waals surface area contributed by atoms with Crippen molar-refractivity contribution in [1.29, 1.82) is 0 Å². The predicted octanol–water partition coefficient (Wildman–Crippen LogP) is 3.62. The van der Waals surface area contributed by atoms with E-state index < -0.39 is 11.7 Å². The van der Waals surface area contributed by atoms with Crippen LogP contribution in [-0.2, 0) is 4.74 Å². The molecule has 2 amide bonds. The van der Waals surface area contributed by atoms with E-state index >= 15 is 0 Å². The molecule has 2 aromatic carbocycles. The molecule has 0 atom stereocenters. The summed E-state index contributed by atoms with van der Waals surface area (Å²) >= 11 is 0. The Morgan fingerprint density at radius 1 is 1.07 bits per heavy atom. The Morgan fingerprint density at radius 2 is 1.76 bits per heavy atom. The largest absolute Gasteiger partial charge is 0.444 e. The van der Waals surface area contributed by atoms with E-state index in [1.54, 1.807) is 51.1 Å². The van der Waals surface area contributed by atoms with Crippen LogP contribution in [-0.4, -0.2) is 40.9 Å². The number of alkyl carbamates (subject to hydrolysis) is 1. The van der Waals surface area contributed by atoms with Gasteiger partial charge in [0.05, 0.1) is 11.2 Å². The zero-order valence-corrected chi connectivity index (χ0v) is 16.5. The van der Waals surface area contributed by atoms with E-state index in [1.165, 1.54) is 12.1 Å². The molecule has 0 saturated carbocycles. The molecular weight excluding hydrogens is 375 g/mol. The van der Waals surface area contributed by atoms with Crippen LogP contribution in [0.15, 0.2) is 42.5 Å². The smallest absolute Gasteiger partial charge is 0.407 e. The molecule has 0 aliphatic rings. The molecule has 0 bridgehead atoms. The highest BCUT2D eigenvalue weighted by molar-refractivity contribution is 6.01. The molecule has 29 heavy (non-hydrogen) atoms. The maximum absolute atomic E-state index is 13.2. The van der Waals surface area contributed by atoms with Crippen molar-refractivity contribution >= 4 is 22.9 Å². The van der Waals surface area contributed by atoms with Gasteiger partial charge in [0.25, 0.3) is 5.91 Å². The normalized spacial score (nSPS) is 11.3. The van der Waals surface area contributed by atoms with Crippen LogP contribution in [0.5, 0.6) is 0 Å². The van der Waals surface area contributed by atoms with Crippen LogP contribution in [0.2, 0.25) is 0 Å². The first-order valence-electron chi connectivity index (χ1n) is 9.22. The lowest BCUT2D eigenvalue weighted by Gasteiger charge is -2.19. The van der Waals surface area contributed by atoms with Crippen molar-refractivity contribution < 1.29 is 18.7 Å². The number of fused-ring (bicyclic) bond motifs is 1. The molecule has 1 aromatic heterocycles. The number of rotatable bonds is 5. The van der Waals surface area contributed by atoms with Gasteiger partial charge in [0, 0.05) is 29.6 Å². The minimum absolute atomic E-state index is 0.245. The number of hydrogen-bond acceptors (Lipinski definition) is 4. The molecule has 7 nitrogen and oxygen atoms in total. The van der Waals surface area contributed by atoms with E-state index in [-0.39, 0.29) is 24.8 Å². The lowest BCUT2D eigenvalue weighted by atomic mass is 10.1. The Kier molecular flexibility index (Phi) is 5.81. The summed E-state index contributed by atoms with van der Waals surface area (Å²) in [5, 5.41) is 13.3. The van der Waals surface area contributed by atoms with Crippen molar-refractivity contribution in [2.45, 2.75) is 26.4 Å². The molecule has 3 rings (SSSR count). The lowest BCUT2D eigenvalue weighted by Crippen LogP contribution is -2.37. The van der Waals surface area contributed by atoms with E-state index in [0.29, 0.717) is 11.3 Å². The maximum Gasteiger partial charge on any atom is 0.407 e. The number of carbonyl (C=O) groups is 2. The van der Waals surface area contributed by atoms with Gasteiger partial charge in [-0.3, -0.25) is 9.89 Å². The van der Waals surface area contributed by atoms with Gasteiger partial charge >= 0.3 is 6.09 Å². The van der Waals surface area contributed by atoms with E-state index in [0.717, 1.165) is 16.5 Å². The van der Waals surface area contributed by atoms with Crippen LogP contribution in [0.25, 0.3) is 22.2 Å². The highest BCUT2D eigenvalue weighted by Crippen LogP contribution is 2.27. The van der Waals surface area contributed by atoms with Crippen LogP contribution in [0, 0.1) is 5.82 Å². The Labute approximate surface area is 167 Å². The predicted molar refractivity (Wildman–Crippen MR) is 108 cm³/mol. The van der Waals surface area contributed by atoms with E-state index in [1.807, 2.05) is 0 Å². The first-order valence-corrected chi connectivity index (χ1v) is 9.22. The average Bonchev–Trinajstić information content (AvgIpc) is 3.07. The Morgan fingerprint density at radius 3 is 2.45 bits per heavy atom. The van der Waals surface area contributed by atoms with Crippen molar-refractivity contribution in [3.63, 3.8) is 0 Å². The zero-order valence-electron chi connectivity index (χ0n) is 16.5. The van der Waals surface area contributed by atoms with Crippen LogP contribution < -0.4 is 10.6 Å². The number of halogens is 1. The van der Waals surface area contributed by atoms with E-state index in [4.69, 9.17) is 4.74 Å². The molecule has 0 unspecified atom stereocenters. The van der Waals surface area contributed by atoms with Crippen molar-refractivity contribution in [3.8, 4) is 11.3 Å². The second kappa shape index (κ2) is 8.30. The fraction of sp³-hybridized carbons (Fsp3) is 0.286. The molecule has 8 heteroatoms. The zero-order chi connectivity index (χ0) is 21.0. The number of aromatic amines is 1. The monoisotopic (exact) mass is 398 g/mol. The average molecular weight is 398 g/mol. The molecule has 0 fully saturated rings. The van der Waals surface area contributed by atoms with Gasteiger partial charge in [-0.15, -0.1) is 0 Å². The highest BCUT2D eigenvalue weighted by Gasteiger charge is 2.16. The van der Waals surface area contributed by atoms with Crippen LogP contribution in [0.4, 0.5) is 9.18 Å². The molecule has 0 aliphatic heterocycles. The maximum atomic E-state index is 13.2. The summed E-state index contributed by atoms with van der Waals surface area (Å²) in [7, 11) is 0. The SMILES string of the molecule is CC(C)(C)OC(=O)NCCNC(=O)c1ccc2[nH]nc(-c3ccc(F)cc3)c2c1. The highest BCUT2D eigenvalue weighted by atomic mass is 19.1. The van der Waals surface area contributed by atoms with Crippen LogP contribution in [0.1, 0.15) is 31.1 Å². The summed E-state index contributed by atoms with van der Waals surface area (Å²) < 4.78 is 18.3. The van der Waals surface area contributed by atoms with E-state index in [2.05, 4.69) is 20.8 Å². The van der Waals surface area contributed by atoms with Crippen LogP contribution in [0.3, 0.4) is 0 Å². The summed E-state index contributed by atoms with van der Waals surface area (Å²) in [5.41, 5.74) is 2.04. The first kappa shape index (κ1) is 20.3. The van der Waals surface area contributed by atoms with Gasteiger partial charge in [0.15, 0.2) is 0 Å². The van der Waals surface area contributed by atoms with Gasteiger partial charge in [-0.25, -0.2) is 9.18 Å². The molecular formula is C21H23FN4O3. The summed E-state index contributed by atoms with van der Waals surface area (Å²) in [5.74, 6) is -0.599. The lowest BCUT2D eigenvalue weighted by molar-refractivity contribution is 0.0526. The first-order chi connectivity index (χ1) is 13.7. The molecule has 0 saturated heterocycles. The molecule has 0 aliphatic carbocycles. The van der Waals surface area contributed by atoms with Crippen molar-refractivity contribution in [3.05, 3.63) is 53.8 Å². The van der Waals surface area contributed by atoms with Gasteiger partial charge in [0.1, 0.15) is 11.4 Å². The number of nitrogens with one attached hydrogen (secondary N) is 3. The van der Waals surface area contributed by atoms with Gasteiger partial charge in [-0.2, -0.15) is 5.10 Å². The summed E-state index contributed by atoms with van der Waals surface area (Å²) in [4.78, 5) is 24.0. The quantitative estimate of drug-likeness (QED) is 0.572. The standard InChI is InChI=1S/C21H23FN4O3/c1-21(2,3)29-20(28)24-11-10-23-19(27)14-6-9-17-16(12-14)18(26-25-17)13-4-7-15(22)8-5-13/h4-9,12H,10-11H2,1-3H3,(H,23,27)(H,24,28)(H,25,26). The molecule has 0 radical (unpaired) electrons.